The van der Waals surface area contributed by atoms with E-state index in [0.717, 1.165) is 0 Å². The smallest absolute Gasteiger partial charge is 0.338 e. The number of carbonyl (C=O) groups is 2. The molecule has 0 N–H and O–H groups in total. The highest BCUT2D eigenvalue weighted by Crippen LogP contribution is 2.14. The van der Waals surface area contributed by atoms with Gasteiger partial charge in [-0.3, -0.25) is 0 Å². The summed E-state index contributed by atoms with van der Waals surface area (Å²) >= 11 is 0. The lowest BCUT2D eigenvalue weighted by molar-refractivity contribution is -0.150. The molecule has 0 atom stereocenters. The second-order valence-corrected chi connectivity index (χ2v) is 6.36. The minimum Gasteiger partial charge on any atom is -0.457 e. The van der Waals surface area contributed by atoms with Crippen molar-refractivity contribution in [2.75, 3.05) is 0 Å². The van der Waals surface area contributed by atoms with Gasteiger partial charge in [0, 0.05) is 5.57 Å². The number of ether oxygens (including phenoxy) is 2. The minimum atomic E-state index is -0.590. The average molecular weight is 268 g/mol. The molecule has 0 amide bonds. The van der Waals surface area contributed by atoms with Crippen molar-refractivity contribution in [1.82, 2.24) is 0 Å². The molecule has 0 aliphatic carbocycles. The largest absolute Gasteiger partial charge is 0.457 e. The number of hydrogen-bond donors (Lipinski definition) is 0. The Morgan fingerprint density at radius 2 is 1.26 bits per heavy atom. The van der Waals surface area contributed by atoms with E-state index in [1.54, 1.807) is 48.5 Å². The van der Waals surface area contributed by atoms with Gasteiger partial charge in [0.15, 0.2) is 0 Å². The maximum atomic E-state index is 11.7. The molecule has 0 aromatic heterocycles. The molecule has 0 saturated carbocycles. The van der Waals surface area contributed by atoms with Gasteiger partial charge in [-0.05, 0) is 54.5 Å². The first kappa shape index (κ1) is 17.4. The average Bonchev–Trinajstić information content (AvgIpc) is 2.11. The van der Waals surface area contributed by atoms with Crippen LogP contribution in [0.1, 0.15) is 48.5 Å². The molecule has 0 spiro atoms. The van der Waals surface area contributed by atoms with Crippen LogP contribution in [0, 0.1) is 0 Å². The van der Waals surface area contributed by atoms with E-state index in [4.69, 9.17) is 9.47 Å². The predicted molar refractivity (Wildman–Crippen MR) is 74.6 cm³/mol. The Balaban J connectivity index is 4.73. The van der Waals surface area contributed by atoms with Gasteiger partial charge in [0.2, 0.25) is 0 Å². The lowest BCUT2D eigenvalue weighted by atomic mass is 10.1. The minimum absolute atomic E-state index is 0.123. The van der Waals surface area contributed by atoms with E-state index in [-0.39, 0.29) is 5.57 Å². The van der Waals surface area contributed by atoms with E-state index >= 15 is 0 Å². The highest BCUT2D eigenvalue weighted by Gasteiger charge is 2.20. The Morgan fingerprint density at radius 1 is 0.895 bits per heavy atom. The first-order chi connectivity index (χ1) is 8.32. The van der Waals surface area contributed by atoms with E-state index < -0.39 is 23.1 Å². The fraction of sp³-hybridized carbons (Fsp3) is 0.600. The van der Waals surface area contributed by atoms with Crippen molar-refractivity contribution >= 4 is 11.9 Å². The molecule has 4 heteroatoms. The fourth-order valence-corrected chi connectivity index (χ4v) is 1.08. The summed E-state index contributed by atoms with van der Waals surface area (Å²) < 4.78 is 10.3. The molecule has 0 bridgehead atoms. The van der Waals surface area contributed by atoms with Crippen LogP contribution in [0.4, 0.5) is 0 Å². The summed E-state index contributed by atoms with van der Waals surface area (Å²) in [5.41, 5.74) is -0.725. The van der Waals surface area contributed by atoms with E-state index in [1.165, 1.54) is 6.08 Å². The third-order valence-corrected chi connectivity index (χ3v) is 1.77. The Labute approximate surface area is 115 Å². The van der Waals surface area contributed by atoms with Crippen LogP contribution in [0.15, 0.2) is 23.8 Å². The summed E-state index contributed by atoms with van der Waals surface area (Å²) in [6.07, 6.45) is 1.38. The molecule has 0 aromatic rings. The van der Waals surface area contributed by atoms with Crippen LogP contribution in [0.2, 0.25) is 0 Å². The van der Waals surface area contributed by atoms with Gasteiger partial charge in [0.1, 0.15) is 11.2 Å². The second-order valence-electron chi connectivity index (χ2n) is 6.36. The highest BCUT2D eigenvalue weighted by atomic mass is 16.6. The van der Waals surface area contributed by atoms with Crippen molar-refractivity contribution in [2.45, 2.75) is 59.7 Å². The Morgan fingerprint density at radius 3 is 1.63 bits per heavy atom. The summed E-state index contributed by atoms with van der Waals surface area (Å²) in [6.45, 7) is 15.8. The SMILES string of the molecule is C=C(/C=C(\C)C(=O)OC(C)(C)C)C(=O)OC(C)(C)C. The number of rotatable bonds is 3. The van der Waals surface area contributed by atoms with Gasteiger partial charge < -0.3 is 9.47 Å². The standard InChI is InChI=1S/C15H24O4/c1-10(12(16)18-14(3,4)5)9-11(2)13(17)19-15(6,7)8/h9H,1H2,2-8H3/b11-9+. The van der Waals surface area contributed by atoms with Crippen molar-refractivity contribution in [3.8, 4) is 0 Å². The molecule has 108 valence electrons. The maximum Gasteiger partial charge on any atom is 0.338 e. The zero-order chi connectivity index (χ0) is 15.4. The zero-order valence-corrected chi connectivity index (χ0v) is 12.9. The van der Waals surface area contributed by atoms with Gasteiger partial charge in [0.05, 0.1) is 5.57 Å². The molecule has 0 heterocycles. The zero-order valence-electron chi connectivity index (χ0n) is 12.9. The van der Waals surface area contributed by atoms with Crippen LogP contribution in [-0.2, 0) is 19.1 Å². The number of hydrogen-bond acceptors (Lipinski definition) is 4. The molecule has 0 unspecified atom stereocenters. The molecule has 0 fully saturated rings. The van der Waals surface area contributed by atoms with E-state index in [0.29, 0.717) is 5.57 Å². The van der Waals surface area contributed by atoms with Crippen LogP contribution in [0.3, 0.4) is 0 Å². The fourth-order valence-electron chi connectivity index (χ4n) is 1.08. The number of carbonyl (C=O) groups excluding carboxylic acids is 2. The lowest BCUT2D eigenvalue weighted by Crippen LogP contribution is -2.25. The Bertz CT molecular complexity index is 403. The Hall–Kier alpha value is -1.58. The topological polar surface area (TPSA) is 52.6 Å². The molecule has 0 aliphatic heterocycles. The van der Waals surface area contributed by atoms with Crippen LogP contribution >= 0.6 is 0 Å². The normalized spacial score (nSPS) is 12.9. The second kappa shape index (κ2) is 6.04. The van der Waals surface area contributed by atoms with Crippen molar-refractivity contribution in [3.05, 3.63) is 23.8 Å². The van der Waals surface area contributed by atoms with Crippen molar-refractivity contribution in [3.63, 3.8) is 0 Å². The van der Waals surface area contributed by atoms with Crippen LogP contribution in [0.5, 0.6) is 0 Å². The maximum absolute atomic E-state index is 11.7. The molecular formula is C15H24O4. The molecule has 0 aromatic carbocycles. The third-order valence-electron chi connectivity index (χ3n) is 1.77. The molecule has 0 radical (unpaired) electrons. The van der Waals surface area contributed by atoms with Crippen LogP contribution < -0.4 is 0 Å². The van der Waals surface area contributed by atoms with Crippen LogP contribution in [0.25, 0.3) is 0 Å². The van der Waals surface area contributed by atoms with Gasteiger partial charge >= 0.3 is 11.9 Å². The van der Waals surface area contributed by atoms with Gasteiger partial charge in [-0.2, -0.15) is 0 Å². The number of esters is 2. The van der Waals surface area contributed by atoms with Gasteiger partial charge in [-0.1, -0.05) is 6.58 Å². The first-order valence-corrected chi connectivity index (χ1v) is 6.16. The predicted octanol–water partition coefficient (Wildman–Crippen LogP) is 3.17. The van der Waals surface area contributed by atoms with Crippen molar-refractivity contribution < 1.29 is 19.1 Å². The molecule has 0 saturated heterocycles. The summed E-state index contributed by atoms with van der Waals surface area (Å²) in [5.74, 6) is -1.02. The van der Waals surface area contributed by atoms with Gasteiger partial charge in [0.25, 0.3) is 0 Å². The first-order valence-electron chi connectivity index (χ1n) is 6.16. The summed E-state index contributed by atoms with van der Waals surface area (Å²) in [4.78, 5) is 23.4. The summed E-state index contributed by atoms with van der Waals surface area (Å²) in [5, 5.41) is 0. The lowest BCUT2D eigenvalue weighted by Gasteiger charge is -2.20. The van der Waals surface area contributed by atoms with Crippen molar-refractivity contribution in [2.24, 2.45) is 0 Å². The van der Waals surface area contributed by atoms with E-state index in [9.17, 15) is 9.59 Å². The third kappa shape index (κ3) is 8.19. The van der Waals surface area contributed by atoms with E-state index in [2.05, 4.69) is 6.58 Å². The summed E-state index contributed by atoms with van der Waals surface area (Å²) in [7, 11) is 0. The molecule has 19 heavy (non-hydrogen) atoms. The highest BCUT2D eigenvalue weighted by molar-refractivity contribution is 5.95. The molecule has 4 nitrogen and oxygen atoms in total. The summed E-state index contributed by atoms with van der Waals surface area (Å²) in [6, 6.07) is 0. The van der Waals surface area contributed by atoms with E-state index in [1.807, 2.05) is 0 Å². The molecule has 0 aliphatic rings. The van der Waals surface area contributed by atoms with Crippen LogP contribution in [-0.4, -0.2) is 23.1 Å². The van der Waals surface area contributed by atoms with Crippen molar-refractivity contribution in [1.29, 1.82) is 0 Å². The monoisotopic (exact) mass is 268 g/mol. The quantitative estimate of drug-likeness (QED) is 0.448. The van der Waals surface area contributed by atoms with Gasteiger partial charge in [-0.25, -0.2) is 9.59 Å². The molecule has 0 rings (SSSR count). The molecular weight excluding hydrogens is 244 g/mol. The van der Waals surface area contributed by atoms with Gasteiger partial charge in [-0.15, -0.1) is 0 Å². The Kier molecular flexibility index (Phi) is 5.54.